The van der Waals surface area contributed by atoms with Crippen molar-refractivity contribution in [3.63, 3.8) is 0 Å². The molecule has 0 radical (unpaired) electrons. The van der Waals surface area contributed by atoms with Crippen LogP contribution in [-0.2, 0) is 4.74 Å². The number of hydrogen-bond donors (Lipinski definition) is 0. The molecule has 2 rings (SSSR count). The lowest BCUT2D eigenvalue weighted by Crippen LogP contribution is -2.09. The van der Waals surface area contributed by atoms with Crippen molar-refractivity contribution in [2.24, 2.45) is 0 Å². The van der Waals surface area contributed by atoms with Gasteiger partial charge in [-0.2, -0.15) is 0 Å². The monoisotopic (exact) mass is 324 g/mol. The van der Waals surface area contributed by atoms with Crippen LogP contribution in [0.1, 0.15) is 15.9 Å². The van der Waals surface area contributed by atoms with Gasteiger partial charge in [-0.25, -0.2) is 0 Å². The Morgan fingerprint density at radius 2 is 1.81 bits per heavy atom. The number of rotatable bonds is 6. The Morgan fingerprint density at radius 1 is 1.05 bits per heavy atom. The molecule has 21 heavy (non-hydrogen) atoms. The molecular formula is C16H14Cl2O3. The lowest BCUT2D eigenvalue weighted by molar-refractivity contribution is 0.103. The molecule has 0 aliphatic rings. The number of ketones is 1. The molecule has 0 heterocycles. The van der Waals surface area contributed by atoms with E-state index >= 15 is 0 Å². The van der Waals surface area contributed by atoms with Crippen molar-refractivity contribution in [1.82, 2.24) is 0 Å². The Labute approximate surface area is 133 Å². The Balaban J connectivity index is 2.32. The fourth-order valence-corrected chi connectivity index (χ4v) is 2.21. The van der Waals surface area contributed by atoms with Gasteiger partial charge in [-0.1, -0.05) is 35.3 Å². The molecule has 0 N–H and O–H groups in total. The third-order valence-electron chi connectivity index (χ3n) is 2.85. The Kier molecular flexibility index (Phi) is 5.62. The number of carbonyl (C=O) groups excluding carboxylic acids is 1. The van der Waals surface area contributed by atoms with E-state index in [2.05, 4.69) is 0 Å². The predicted octanol–water partition coefficient (Wildman–Crippen LogP) is 4.25. The summed E-state index contributed by atoms with van der Waals surface area (Å²) in [5.41, 5.74) is 0.796. The summed E-state index contributed by atoms with van der Waals surface area (Å²) in [5, 5.41) is 0.816. The molecule has 2 aromatic carbocycles. The summed E-state index contributed by atoms with van der Waals surface area (Å²) in [6.45, 7) is 0.810. The van der Waals surface area contributed by atoms with Crippen molar-refractivity contribution >= 4 is 29.0 Å². The maximum atomic E-state index is 12.6. The predicted molar refractivity (Wildman–Crippen MR) is 83.7 cm³/mol. The quantitative estimate of drug-likeness (QED) is 0.588. The van der Waals surface area contributed by atoms with Gasteiger partial charge >= 0.3 is 0 Å². The van der Waals surface area contributed by atoms with Gasteiger partial charge in [0.05, 0.1) is 17.2 Å². The van der Waals surface area contributed by atoms with E-state index in [0.29, 0.717) is 40.1 Å². The second-order valence-electron chi connectivity index (χ2n) is 4.29. The van der Waals surface area contributed by atoms with Gasteiger partial charge in [-0.3, -0.25) is 4.79 Å². The summed E-state index contributed by atoms with van der Waals surface area (Å²) in [5.74, 6) is 0.270. The molecular weight excluding hydrogens is 311 g/mol. The highest BCUT2D eigenvalue weighted by Crippen LogP contribution is 2.27. The number of carbonyl (C=O) groups is 1. The smallest absolute Gasteiger partial charge is 0.198 e. The van der Waals surface area contributed by atoms with Gasteiger partial charge in [0.15, 0.2) is 5.78 Å². The van der Waals surface area contributed by atoms with Gasteiger partial charge in [-0.15, -0.1) is 0 Å². The van der Waals surface area contributed by atoms with Crippen molar-refractivity contribution in [2.75, 3.05) is 20.3 Å². The summed E-state index contributed by atoms with van der Waals surface area (Å²) >= 11 is 12.0. The molecule has 0 bridgehead atoms. The Hall–Kier alpha value is -1.55. The summed E-state index contributed by atoms with van der Waals surface area (Å²) in [6.07, 6.45) is 0. The van der Waals surface area contributed by atoms with E-state index in [-0.39, 0.29) is 5.78 Å². The van der Waals surface area contributed by atoms with Crippen LogP contribution in [0.2, 0.25) is 10.0 Å². The molecule has 110 valence electrons. The fraction of sp³-hybridized carbons (Fsp3) is 0.188. The van der Waals surface area contributed by atoms with E-state index in [1.54, 1.807) is 49.6 Å². The lowest BCUT2D eigenvalue weighted by atomic mass is 10.0. The van der Waals surface area contributed by atoms with E-state index in [1.807, 2.05) is 0 Å². The number of ether oxygens (including phenoxy) is 2. The number of halogens is 2. The van der Waals surface area contributed by atoms with Gasteiger partial charge in [0.2, 0.25) is 0 Å². The zero-order valence-corrected chi connectivity index (χ0v) is 12.9. The molecule has 0 atom stereocenters. The SMILES string of the molecule is COCCOc1ccccc1C(=O)c1cc(Cl)ccc1Cl. The maximum Gasteiger partial charge on any atom is 0.198 e. The Bertz CT molecular complexity index is 641. The van der Waals surface area contributed by atoms with E-state index in [1.165, 1.54) is 0 Å². The largest absolute Gasteiger partial charge is 0.490 e. The van der Waals surface area contributed by atoms with E-state index in [0.717, 1.165) is 0 Å². The van der Waals surface area contributed by atoms with Crippen molar-refractivity contribution in [1.29, 1.82) is 0 Å². The van der Waals surface area contributed by atoms with Crippen molar-refractivity contribution < 1.29 is 14.3 Å². The van der Waals surface area contributed by atoms with E-state index in [4.69, 9.17) is 32.7 Å². The molecule has 0 saturated heterocycles. The van der Waals surface area contributed by atoms with Gasteiger partial charge in [-0.05, 0) is 30.3 Å². The maximum absolute atomic E-state index is 12.6. The minimum atomic E-state index is -0.226. The van der Waals surface area contributed by atoms with Crippen molar-refractivity contribution in [3.05, 3.63) is 63.6 Å². The van der Waals surface area contributed by atoms with Gasteiger partial charge in [0.25, 0.3) is 0 Å². The molecule has 0 aliphatic carbocycles. The molecule has 5 heteroatoms. The first-order valence-corrected chi connectivity index (χ1v) is 7.09. The van der Waals surface area contributed by atoms with Crippen LogP contribution in [0.5, 0.6) is 5.75 Å². The molecule has 0 aromatic heterocycles. The summed E-state index contributed by atoms with van der Waals surface area (Å²) < 4.78 is 10.5. The molecule has 0 fully saturated rings. The van der Waals surface area contributed by atoms with Crippen molar-refractivity contribution in [3.8, 4) is 5.75 Å². The Morgan fingerprint density at radius 3 is 2.57 bits per heavy atom. The normalized spacial score (nSPS) is 10.4. The number of methoxy groups -OCH3 is 1. The second kappa shape index (κ2) is 7.46. The van der Waals surface area contributed by atoms with Crippen LogP contribution in [0.4, 0.5) is 0 Å². The summed E-state index contributed by atoms with van der Waals surface area (Å²) in [4.78, 5) is 12.6. The molecule has 2 aromatic rings. The third-order valence-corrected chi connectivity index (χ3v) is 3.41. The number of hydrogen-bond acceptors (Lipinski definition) is 3. The van der Waals surface area contributed by atoms with Crippen LogP contribution in [0, 0.1) is 0 Å². The minimum Gasteiger partial charge on any atom is -0.490 e. The van der Waals surface area contributed by atoms with Crippen LogP contribution in [0.15, 0.2) is 42.5 Å². The average molecular weight is 325 g/mol. The minimum absolute atomic E-state index is 0.226. The van der Waals surface area contributed by atoms with Gasteiger partial charge < -0.3 is 9.47 Å². The first-order valence-electron chi connectivity index (χ1n) is 6.34. The third kappa shape index (κ3) is 3.97. The topological polar surface area (TPSA) is 35.5 Å². The first-order chi connectivity index (χ1) is 10.1. The average Bonchev–Trinajstić information content (AvgIpc) is 2.50. The molecule has 0 aliphatic heterocycles. The highest BCUT2D eigenvalue weighted by atomic mass is 35.5. The fourth-order valence-electron chi connectivity index (χ4n) is 1.83. The zero-order chi connectivity index (χ0) is 15.2. The molecule has 3 nitrogen and oxygen atoms in total. The molecule has 0 spiro atoms. The molecule has 0 unspecified atom stereocenters. The summed E-state index contributed by atoms with van der Waals surface area (Å²) in [6, 6.07) is 11.8. The highest BCUT2D eigenvalue weighted by molar-refractivity contribution is 6.36. The van der Waals surface area contributed by atoms with E-state index < -0.39 is 0 Å². The summed E-state index contributed by atoms with van der Waals surface area (Å²) in [7, 11) is 1.59. The van der Waals surface area contributed by atoms with Crippen LogP contribution < -0.4 is 4.74 Å². The van der Waals surface area contributed by atoms with Crippen LogP contribution in [-0.4, -0.2) is 26.1 Å². The number of benzene rings is 2. The van der Waals surface area contributed by atoms with E-state index in [9.17, 15) is 4.79 Å². The molecule has 0 amide bonds. The van der Waals surface area contributed by atoms with Crippen LogP contribution in [0.3, 0.4) is 0 Å². The van der Waals surface area contributed by atoms with Gasteiger partial charge in [0.1, 0.15) is 12.4 Å². The number of para-hydroxylation sites is 1. The van der Waals surface area contributed by atoms with Crippen LogP contribution in [0.25, 0.3) is 0 Å². The highest BCUT2D eigenvalue weighted by Gasteiger charge is 2.17. The van der Waals surface area contributed by atoms with Crippen LogP contribution >= 0.6 is 23.2 Å². The first kappa shape index (κ1) is 15.8. The second-order valence-corrected chi connectivity index (χ2v) is 5.13. The van der Waals surface area contributed by atoms with Gasteiger partial charge in [0, 0.05) is 17.7 Å². The lowest BCUT2D eigenvalue weighted by Gasteiger charge is -2.11. The standard InChI is InChI=1S/C16H14Cl2O3/c1-20-8-9-21-15-5-3-2-4-12(15)16(19)13-10-11(17)6-7-14(13)18/h2-7,10H,8-9H2,1H3. The zero-order valence-electron chi connectivity index (χ0n) is 11.4. The molecule has 0 saturated carbocycles. The van der Waals surface area contributed by atoms with Crippen molar-refractivity contribution in [2.45, 2.75) is 0 Å².